The number of carbonyl (C=O) groups is 1. The van der Waals surface area contributed by atoms with Crippen molar-refractivity contribution in [3.63, 3.8) is 0 Å². The first-order valence-electron chi connectivity index (χ1n) is 8.75. The number of ether oxygens (including phenoxy) is 1. The van der Waals surface area contributed by atoms with Gasteiger partial charge in [0.25, 0.3) is 5.91 Å². The molecule has 132 valence electrons. The molecule has 0 atom stereocenters. The largest absolute Gasteiger partial charge is 0.496 e. The third-order valence-electron chi connectivity index (χ3n) is 4.42. The lowest BCUT2D eigenvalue weighted by atomic mass is 10.2. The molecule has 6 nitrogen and oxygen atoms in total. The summed E-state index contributed by atoms with van der Waals surface area (Å²) in [5.74, 6) is 1.28. The highest BCUT2D eigenvalue weighted by Crippen LogP contribution is 2.17. The van der Waals surface area contributed by atoms with Gasteiger partial charge in [-0.15, -0.1) is 0 Å². The quantitative estimate of drug-likeness (QED) is 0.906. The van der Waals surface area contributed by atoms with Gasteiger partial charge in [-0.05, 0) is 18.9 Å². The number of carbonyl (C=O) groups excluding carboxylic acids is 1. The lowest BCUT2D eigenvalue weighted by Crippen LogP contribution is -2.27. The Morgan fingerprint density at radius 1 is 1.12 bits per heavy atom. The smallest absolute Gasteiger partial charge is 0.254 e. The molecule has 6 heteroatoms. The van der Waals surface area contributed by atoms with Crippen LogP contribution in [0.25, 0.3) is 0 Å². The molecule has 25 heavy (non-hydrogen) atoms. The summed E-state index contributed by atoms with van der Waals surface area (Å²) in [6, 6.07) is 7.63. The average molecular weight is 340 g/mol. The van der Waals surface area contributed by atoms with Gasteiger partial charge in [-0.2, -0.15) is 0 Å². The number of nitrogens with one attached hydrogen (secondary N) is 1. The standard InChI is InChI=1S/C19H24N4O2/c1-25-17-9-5-4-8-15(17)12-20-18(24)16-13-21-19(22-14-16)23-10-6-2-3-7-11-23/h4-5,8-9,13-14H,2-3,6-7,10-12H2,1H3,(H,20,24). The molecule has 1 saturated heterocycles. The zero-order valence-corrected chi connectivity index (χ0v) is 14.6. The number of hydrogen-bond donors (Lipinski definition) is 1. The minimum Gasteiger partial charge on any atom is -0.496 e. The predicted octanol–water partition coefficient (Wildman–Crippen LogP) is 2.80. The molecule has 1 aromatic heterocycles. The van der Waals surface area contributed by atoms with Gasteiger partial charge >= 0.3 is 0 Å². The molecule has 2 heterocycles. The zero-order valence-electron chi connectivity index (χ0n) is 14.6. The Morgan fingerprint density at radius 2 is 1.80 bits per heavy atom. The number of benzene rings is 1. The fourth-order valence-electron chi connectivity index (χ4n) is 3.00. The molecule has 2 aromatic rings. The van der Waals surface area contributed by atoms with Gasteiger partial charge < -0.3 is 15.0 Å². The molecule has 0 radical (unpaired) electrons. The highest BCUT2D eigenvalue weighted by atomic mass is 16.5. The third kappa shape index (κ3) is 4.47. The van der Waals surface area contributed by atoms with Crippen molar-refractivity contribution in [1.82, 2.24) is 15.3 Å². The summed E-state index contributed by atoms with van der Waals surface area (Å²) in [5, 5.41) is 2.89. The van der Waals surface area contributed by atoms with Crippen LogP contribution in [0.1, 0.15) is 41.6 Å². The van der Waals surface area contributed by atoms with Crippen LogP contribution in [0.3, 0.4) is 0 Å². The maximum absolute atomic E-state index is 12.3. The Bertz CT molecular complexity index is 695. The molecule has 0 unspecified atom stereocenters. The van der Waals surface area contributed by atoms with Crippen molar-refractivity contribution < 1.29 is 9.53 Å². The highest BCUT2D eigenvalue weighted by molar-refractivity contribution is 5.93. The van der Waals surface area contributed by atoms with Gasteiger partial charge in [0, 0.05) is 37.6 Å². The van der Waals surface area contributed by atoms with E-state index in [0.29, 0.717) is 18.1 Å². The molecule has 0 spiro atoms. The lowest BCUT2D eigenvalue weighted by molar-refractivity contribution is 0.0950. The molecule has 1 N–H and O–H groups in total. The molecular formula is C19H24N4O2. The van der Waals surface area contributed by atoms with Crippen molar-refractivity contribution in [2.45, 2.75) is 32.2 Å². The van der Waals surface area contributed by atoms with Crippen LogP contribution in [-0.2, 0) is 6.54 Å². The SMILES string of the molecule is COc1ccccc1CNC(=O)c1cnc(N2CCCCCC2)nc1. The van der Waals surface area contributed by atoms with E-state index in [1.54, 1.807) is 19.5 Å². The molecule has 1 fully saturated rings. The van der Waals surface area contributed by atoms with Crippen molar-refractivity contribution in [2.24, 2.45) is 0 Å². The van der Waals surface area contributed by atoms with E-state index in [0.717, 1.165) is 24.4 Å². The van der Waals surface area contributed by atoms with Gasteiger partial charge in [0.2, 0.25) is 5.95 Å². The fraction of sp³-hybridized carbons (Fsp3) is 0.421. The van der Waals surface area contributed by atoms with Gasteiger partial charge in [-0.1, -0.05) is 31.0 Å². The van der Waals surface area contributed by atoms with E-state index in [2.05, 4.69) is 20.2 Å². The molecule has 1 aliphatic heterocycles. The molecule has 0 saturated carbocycles. The second-order valence-electron chi connectivity index (χ2n) is 6.17. The minimum atomic E-state index is -0.187. The van der Waals surface area contributed by atoms with Crippen molar-refractivity contribution in [3.05, 3.63) is 47.8 Å². The summed E-state index contributed by atoms with van der Waals surface area (Å²) in [4.78, 5) is 23.3. The van der Waals surface area contributed by atoms with Crippen molar-refractivity contribution in [1.29, 1.82) is 0 Å². The molecule has 1 amide bonds. The average Bonchev–Trinajstić information content (AvgIpc) is 2.96. The molecule has 3 rings (SSSR count). The minimum absolute atomic E-state index is 0.187. The highest BCUT2D eigenvalue weighted by Gasteiger charge is 2.14. The van der Waals surface area contributed by atoms with Gasteiger partial charge in [0.15, 0.2) is 0 Å². The van der Waals surface area contributed by atoms with Crippen molar-refractivity contribution in [2.75, 3.05) is 25.1 Å². The summed E-state index contributed by atoms with van der Waals surface area (Å²) >= 11 is 0. The maximum Gasteiger partial charge on any atom is 0.254 e. The van der Waals surface area contributed by atoms with Crippen LogP contribution >= 0.6 is 0 Å². The Hall–Kier alpha value is -2.63. The van der Waals surface area contributed by atoms with E-state index in [9.17, 15) is 4.79 Å². The number of amides is 1. The lowest BCUT2D eigenvalue weighted by Gasteiger charge is -2.19. The Morgan fingerprint density at radius 3 is 2.48 bits per heavy atom. The Labute approximate surface area is 148 Å². The number of anilines is 1. The van der Waals surface area contributed by atoms with Crippen LogP contribution in [-0.4, -0.2) is 36.1 Å². The Balaban J connectivity index is 1.60. The summed E-state index contributed by atoms with van der Waals surface area (Å²) in [6.45, 7) is 2.37. The first kappa shape index (κ1) is 17.2. The topological polar surface area (TPSA) is 67.3 Å². The maximum atomic E-state index is 12.3. The van der Waals surface area contributed by atoms with Gasteiger partial charge in [-0.25, -0.2) is 9.97 Å². The van der Waals surface area contributed by atoms with E-state index in [1.165, 1.54) is 25.7 Å². The van der Waals surface area contributed by atoms with Crippen LogP contribution in [0.15, 0.2) is 36.7 Å². The summed E-state index contributed by atoms with van der Waals surface area (Å²) < 4.78 is 5.29. The first-order valence-corrected chi connectivity index (χ1v) is 8.75. The summed E-state index contributed by atoms with van der Waals surface area (Å²) in [5.41, 5.74) is 1.40. The number of rotatable bonds is 5. The summed E-state index contributed by atoms with van der Waals surface area (Å²) in [7, 11) is 1.62. The van der Waals surface area contributed by atoms with Crippen LogP contribution < -0.4 is 15.0 Å². The number of nitrogens with zero attached hydrogens (tertiary/aromatic N) is 3. The zero-order chi connectivity index (χ0) is 17.5. The van der Waals surface area contributed by atoms with Crippen molar-refractivity contribution in [3.8, 4) is 5.75 Å². The fourth-order valence-corrected chi connectivity index (χ4v) is 3.00. The van der Waals surface area contributed by atoms with E-state index in [-0.39, 0.29) is 5.91 Å². The summed E-state index contributed by atoms with van der Waals surface area (Å²) in [6.07, 6.45) is 8.07. The number of para-hydroxylation sites is 1. The van der Waals surface area contributed by atoms with Crippen LogP contribution in [0, 0.1) is 0 Å². The van der Waals surface area contributed by atoms with Gasteiger partial charge in [-0.3, -0.25) is 4.79 Å². The molecule has 0 aliphatic carbocycles. The molecule has 1 aromatic carbocycles. The third-order valence-corrected chi connectivity index (χ3v) is 4.42. The second-order valence-corrected chi connectivity index (χ2v) is 6.17. The second kappa shape index (κ2) is 8.46. The monoisotopic (exact) mass is 340 g/mol. The van der Waals surface area contributed by atoms with E-state index in [1.807, 2.05) is 24.3 Å². The van der Waals surface area contributed by atoms with Gasteiger partial charge in [0.1, 0.15) is 5.75 Å². The predicted molar refractivity (Wildman–Crippen MR) is 96.9 cm³/mol. The van der Waals surface area contributed by atoms with E-state index < -0.39 is 0 Å². The van der Waals surface area contributed by atoms with E-state index >= 15 is 0 Å². The molecule has 1 aliphatic rings. The van der Waals surface area contributed by atoms with Crippen LogP contribution in [0.2, 0.25) is 0 Å². The number of hydrogen-bond acceptors (Lipinski definition) is 5. The number of aromatic nitrogens is 2. The van der Waals surface area contributed by atoms with Crippen molar-refractivity contribution >= 4 is 11.9 Å². The number of methoxy groups -OCH3 is 1. The van der Waals surface area contributed by atoms with Crippen LogP contribution in [0.5, 0.6) is 5.75 Å². The molecule has 0 bridgehead atoms. The van der Waals surface area contributed by atoms with Gasteiger partial charge in [0.05, 0.1) is 12.7 Å². The van der Waals surface area contributed by atoms with E-state index in [4.69, 9.17) is 4.74 Å². The normalized spacial score (nSPS) is 14.7. The first-order chi connectivity index (χ1) is 12.3. The van der Waals surface area contributed by atoms with Crippen LogP contribution in [0.4, 0.5) is 5.95 Å². The Kier molecular flexibility index (Phi) is 5.82. The molecular weight excluding hydrogens is 316 g/mol.